The highest BCUT2D eigenvalue weighted by molar-refractivity contribution is 5.82. The van der Waals surface area contributed by atoms with Crippen molar-refractivity contribution < 1.29 is 19.4 Å². The molecule has 1 aliphatic heterocycles. The predicted molar refractivity (Wildman–Crippen MR) is 66.4 cm³/mol. The van der Waals surface area contributed by atoms with E-state index in [1.807, 2.05) is 0 Å². The van der Waals surface area contributed by atoms with Crippen molar-refractivity contribution in [3.8, 4) is 0 Å². The first kappa shape index (κ1) is 14.8. The highest BCUT2D eigenvalue weighted by atomic mass is 16.5. The van der Waals surface area contributed by atoms with E-state index in [1.54, 1.807) is 0 Å². The van der Waals surface area contributed by atoms with Crippen LogP contribution in [0, 0.1) is 5.41 Å². The molecule has 0 spiro atoms. The number of urea groups is 1. The van der Waals surface area contributed by atoms with E-state index in [0.717, 1.165) is 12.8 Å². The molecule has 0 aliphatic carbocycles. The molecule has 6 heteroatoms. The number of nitrogens with zero attached hydrogens (tertiary/aromatic N) is 1. The van der Waals surface area contributed by atoms with E-state index in [9.17, 15) is 9.59 Å². The maximum atomic E-state index is 11.8. The predicted octanol–water partition coefficient (Wildman–Crippen LogP) is 0.918. The van der Waals surface area contributed by atoms with Crippen LogP contribution in [0.5, 0.6) is 0 Å². The van der Waals surface area contributed by atoms with E-state index in [-0.39, 0.29) is 11.4 Å². The molecule has 104 valence electrons. The van der Waals surface area contributed by atoms with Crippen LogP contribution in [0.2, 0.25) is 0 Å². The molecule has 2 N–H and O–H groups in total. The van der Waals surface area contributed by atoms with Crippen molar-refractivity contribution in [1.82, 2.24) is 10.2 Å². The summed E-state index contributed by atoms with van der Waals surface area (Å²) < 4.78 is 5.29. The summed E-state index contributed by atoms with van der Waals surface area (Å²) in [6.07, 6.45) is 1.82. The third kappa shape index (κ3) is 3.87. The van der Waals surface area contributed by atoms with Gasteiger partial charge in [0.05, 0.1) is 0 Å². The van der Waals surface area contributed by atoms with Crippen molar-refractivity contribution in [2.24, 2.45) is 5.41 Å². The van der Waals surface area contributed by atoms with Gasteiger partial charge in [0.15, 0.2) is 0 Å². The Hall–Kier alpha value is -1.30. The summed E-state index contributed by atoms with van der Waals surface area (Å²) in [7, 11) is 1.49. The summed E-state index contributed by atoms with van der Waals surface area (Å²) in [6, 6.07) is -1.18. The molecule has 1 heterocycles. The fourth-order valence-corrected chi connectivity index (χ4v) is 1.80. The molecule has 2 amide bonds. The molecule has 18 heavy (non-hydrogen) atoms. The average Bonchev–Trinajstić information content (AvgIpc) is 2.35. The molecule has 0 radical (unpaired) electrons. The molecular weight excluding hydrogens is 236 g/mol. The number of hydrogen-bond acceptors (Lipinski definition) is 3. The van der Waals surface area contributed by atoms with Gasteiger partial charge in [0, 0.05) is 26.8 Å². The van der Waals surface area contributed by atoms with Crippen molar-refractivity contribution >= 4 is 12.0 Å². The van der Waals surface area contributed by atoms with Gasteiger partial charge in [0.25, 0.3) is 0 Å². The number of carbonyl (C=O) groups excluding carboxylic acids is 1. The largest absolute Gasteiger partial charge is 0.480 e. The lowest BCUT2D eigenvalue weighted by Crippen LogP contribution is -2.48. The topological polar surface area (TPSA) is 78.9 Å². The van der Waals surface area contributed by atoms with Crippen LogP contribution in [0.15, 0.2) is 0 Å². The quantitative estimate of drug-likeness (QED) is 0.786. The number of likely N-dealkylation sites (N-methyl/N-ethyl adjacent to an activating group) is 1. The molecule has 6 nitrogen and oxygen atoms in total. The lowest BCUT2D eigenvalue weighted by atomic mass is 9.82. The third-order valence-corrected chi connectivity index (χ3v) is 3.62. The van der Waals surface area contributed by atoms with Crippen molar-refractivity contribution in [2.75, 3.05) is 26.8 Å². The number of aliphatic carboxylic acids is 1. The Morgan fingerprint density at radius 3 is 2.50 bits per heavy atom. The summed E-state index contributed by atoms with van der Waals surface area (Å²) in [5.41, 5.74) is 0.0429. The highest BCUT2D eigenvalue weighted by Gasteiger charge is 2.29. The molecule has 1 rings (SSSR count). The van der Waals surface area contributed by atoms with Gasteiger partial charge in [0.2, 0.25) is 0 Å². The van der Waals surface area contributed by atoms with Crippen molar-refractivity contribution in [1.29, 1.82) is 0 Å². The van der Waals surface area contributed by atoms with Crippen molar-refractivity contribution in [3.05, 3.63) is 0 Å². The van der Waals surface area contributed by atoms with Crippen LogP contribution in [0.4, 0.5) is 4.79 Å². The number of carbonyl (C=O) groups is 2. The number of carboxylic acid groups (broad SMARTS) is 1. The van der Waals surface area contributed by atoms with Crippen LogP contribution < -0.4 is 5.32 Å². The molecule has 1 unspecified atom stereocenters. The van der Waals surface area contributed by atoms with Gasteiger partial charge in [-0.25, -0.2) is 9.59 Å². The van der Waals surface area contributed by atoms with Crippen LogP contribution >= 0.6 is 0 Å². The number of rotatable bonds is 4. The normalized spacial score (nSPS) is 19.9. The number of amides is 2. The molecule has 0 saturated carbocycles. The second-order valence-electron chi connectivity index (χ2n) is 5.21. The Bertz CT molecular complexity index is 313. The number of nitrogens with one attached hydrogen (secondary N) is 1. The maximum Gasteiger partial charge on any atom is 0.326 e. The smallest absolute Gasteiger partial charge is 0.326 e. The van der Waals surface area contributed by atoms with Gasteiger partial charge in [0.1, 0.15) is 6.04 Å². The molecule has 1 saturated heterocycles. The van der Waals surface area contributed by atoms with Gasteiger partial charge < -0.3 is 20.1 Å². The van der Waals surface area contributed by atoms with E-state index in [2.05, 4.69) is 12.2 Å². The van der Waals surface area contributed by atoms with Crippen LogP contribution in [-0.4, -0.2) is 54.9 Å². The maximum absolute atomic E-state index is 11.8. The molecule has 1 atom stereocenters. The standard InChI is InChI=1S/C12H22N2O4/c1-9(10(15)16)14(3)11(17)13-8-12(2)4-6-18-7-5-12/h9H,4-8H2,1-3H3,(H,13,17)(H,15,16). The number of carboxylic acids is 1. The van der Waals surface area contributed by atoms with Crippen LogP contribution in [-0.2, 0) is 9.53 Å². The third-order valence-electron chi connectivity index (χ3n) is 3.62. The Morgan fingerprint density at radius 2 is 2.00 bits per heavy atom. The molecule has 0 aromatic carbocycles. The lowest BCUT2D eigenvalue weighted by molar-refractivity contribution is -0.141. The Morgan fingerprint density at radius 1 is 1.44 bits per heavy atom. The Kier molecular flexibility index (Phi) is 4.95. The summed E-state index contributed by atoms with van der Waals surface area (Å²) in [4.78, 5) is 23.8. The van der Waals surface area contributed by atoms with E-state index >= 15 is 0 Å². The van der Waals surface area contributed by atoms with Gasteiger partial charge in [-0.05, 0) is 25.2 Å². The van der Waals surface area contributed by atoms with E-state index in [0.29, 0.717) is 19.8 Å². The second kappa shape index (κ2) is 6.04. The number of ether oxygens (including phenoxy) is 1. The minimum atomic E-state index is -1.01. The number of hydrogen-bond donors (Lipinski definition) is 2. The fraction of sp³-hybridized carbons (Fsp3) is 0.833. The monoisotopic (exact) mass is 258 g/mol. The highest BCUT2D eigenvalue weighted by Crippen LogP contribution is 2.28. The molecule has 1 aliphatic rings. The zero-order chi connectivity index (χ0) is 13.8. The van der Waals surface area contributed by atoms with Gasteiger partial charge >= 0.3 is 12.0 Å². The molecular formula is C12H22N2O4. The minimum absolute atomic E-state index is 0.0429. The summed E-state index contributed by atoms with van der Waals surface area (Å²) in [6.45, 7) is 5.57. The Balaban J connectivity index is 2.42. The van der Waals surface area contributed by atoms with Gasteiger partial charge in [-0.15, -0.1) is 0 Å². The molecule has 1 fully saturated rings. The lowest BCUT2D eigenvalue weighted by Gasteiger charge is -2.34. The first-order valence-electron chi connectivity index (χ1n) is 6.17. The zero-order valence-electron chi connectivity index (χ0n) is 11.2. The summed E-state index contributed by atoms with van der Waals surface area (Å²) in [5.74, 6) is -1.01. The Labute approximate surface area is 107 Å². The summed E-state index contributed by atoms with van der Waals surface area (Å²) >= 11 is 0. The zero-order valence-corrected chi connectivity index (χ0v) is 11.2. The molecule has 0 aromatic heterocycles. The first-order chi connectivity index (χ1) is 8.36. The van der Waals surface area contributed by atoms with E-state index in [1.165, 1.54) is 18.9 Å². The van der Waals surface area contributed by atoms with E-state index < -0.39 is 12.0 Å². The van der Waals surface area contributed by atoms with Crippen molar-refractivity contribution in [2.45, 2.75) is 32.7 Å². The average molecular weight is 258 g/mol. The van der Waals surface area contributed by atoms with Crippen molar-refractivity contribution in [3.63, 3.8) is 0 Å². The second-order valence-corrected chi connectivity index (χ2v) is 5.21. The van der Waals surface area contributed by atoms with Gasteiger partial charge in [-0.2, -0.15) is 0 Å². The fourth-order valence-electron chi connectivity index (χ4n) is 1.80. The molecule has 0 bridgehead atoms. The first-order valence-corrected chi connectivity index (χ1v) is 6.17. The van der Waals surface area contributed by atoms with E-state index in [4.69, 9.17) is 9.84 Å². The van der Waals surface area contributed by atoms with Crippen LogP contribution in [0.1, 0.15) is 26.7 Å². The SMILES string of the molecule is CC(C(=O)O)N(C)C(=O)NCC1(C)CCOCC1. The summed E-state index contributed by atoms with van der Waals surface area (Å²) in [5, 5.41) is 11.6. The minimum Gasteiger partial charge on any atom is -0.480 e. The van der Waals surface area contributed by atoms with Gasteiger partial charge in [-0.1, -0.05) is 6.92 Å². The van der Waals surface area contributed by atoms with Crippen LogP contribution in [0.25, 0.3) is 0 Å². The van der Waals surface area contributed by atoms with Gasteiger partial charge in [-0.3, -0.25) is 0 Å². The molecule has 0 aromatic rings. The van der Waals surface area contributed by atoms with Crippen LogP contribution in [0.3, 0.4) is 0 Å².